The lowest BCUT2D eigenvalue weighted by molar-refractivity contribution is 0.590. The Hall–Kier alpha value is -2.66. The number of terminal acetylenes is 1. The van der Waals surface area contributed by atoms with E-state index in [1.807, 2.05) is 24.3 Å². The van der Waals surface area contributed by atoms with E-state index >= 15 is 0 Å². The average Bonchev–Trinajstić information content (AvgIpc) is 2.71. The summed E-state index contributed by atoms with van der Waals surface area (Å²) in [5.74, 6) is 12.9. The Labute approximate surface area is 198 Å². The van der Waals surface area contributed by atoms with Crippen LogP contribution < -0.4 is 0 Å². The molecule has 166 valence electrons. The largest absolute Gasteiger partial charge is 0.146 e. The van der Waals surface area contributed by atoms with Crippen LogP contribution in [0, 0.1) is 35.6 Å². The van der Waals surface area contributed by atoms with Gasteiger partial charge >= 0.3 is 0 Å². The molecule has 0 atom stereocenters. The highest BCUT2D eigenvalue weighted by Gasteiger charge is 2.41. The topological polar surface area (TPSA) is 0 Å². The van der Waals surface area contributed by atoms with Crippen molar-refractivity contribution in [1.82, 2.24) is 0 Å². The van der Waals surface area contributed by atoms with Crippen molar-refractivity contribution in [3.05, 3.63) is 70.3 Å². The van der Waals surface area contributed by atoms with Gasteiger partial charge in [-0.2, -0.15) is 0 Å². The molecule has 0 aliphatic carbocycles. The van der Waals surface area contributed by atoms with E-state index in [1.54, 1.807) is 0 Å². The van der Waals surface area contributed by atoms with Crippen LogP contribution in [0.4, 0.5) is 0 Å². The maximum atomic E-state index is 5.46. The van der Waals surface area contributed by atoms with Gasteiger partial charge in [0.05, 0.1) is 0 Å². The maximum Gasteiger partial charge on any atom is 0.146 e. The van der Waals surface area contributed by atoms with Crippen LogP contribution in [-0.4, -0.2) is 8.07 Å². The van der Waals surface area contributed by atoms with Crippen molar-refractivity contribution in [2.75, 3.05) is 0 Å². The Morgan fingerprint density at radius 3 is 1.53 bits per heavy atom. The van der Waals surface area contributed by atoms with E-state index in [1.165, 1.54) is 5.56 Å². The van der Waals surface area contributed by atoms with Crippen molar-refractivity contribution in [1.29, 1.82) is 0 Å². The summed E-state index contributed by atoms with van der Waals surface area (Å²) in [6, 6.07) is 14.4. The fourth-order valence-corrected chi connectivity index (χ4v) is 9.84. The first-order valence-electron chi connectivity index (χ1n) is 11.7. The summed E-state index contributed by atoms with van der Waals surface area (Å²) < 4.78 is 0. The average molecular weight is 439 g/mol. The molecule has 0 heterocycles. The molecule has 0 fully saturated rings. The molecule has 0 unspecified atom stereocenters. The minimum absolute atomic E-state index is 0.0330. The Morgan fingerprint density at radius 2 is 1.09 bits per heavy atom. The molecule has 0 nitrogen and oxygen atoms in total. The second-order valence-electron chi connectivity index (χ2n) is 10.7. The highest BCUT2D eigenvalue weighted by molar-refractivity contribution is 6.90. The van der Waals surface area contributed by atoms with E-state index in [2.05, 4.69) is 110 Å². The summed E-state index contributed by atoms with van der Waals surface area (Å²) >= 11 is 0. The van der Waals surface area contributed by atoms with Gasteiger partial charge in [-0.05, 0) is 70.1 Å². The monoisotopic (exact) mass is 438 g/mol. The fourth-order valence-electron chi connectivity index (χ4n) is 4.61. The molecule has 0 spiro atoms. The molecule has 0 radical (unpaired) electrons. The molecule has 0 aliphatic heterocycles. The summed E-state index contributed by atoms with van der Waals surface area (Å²) in [5.41, 5.74) is 10.9. The van der Waals surface area contributed by atoms with Crippen LogP contribution in [0.3, 0.4) is 0 Å². The predicted octanol–water partition coefficient (Wildman–Crippen LogP) is 7.93. The third kappa shape index (κ3) is 5.97. The first-order chi connectivity index (χ1) is 14.9. The molecule has 0 aromatic heterocycles. The molecule has 0 saturated heterocycles. The molecule has 0 amide bonds. The van der Waals surface area contributed by atoms with Crippen LogP contribution >= 0.6 is 0 Å². The highest BCUT2D eigenvalue weighted by Crippen LogP contribution is 2.40. The molecular formula is C31H38Si. The van der Waals surface area contributed by atoms with Gasteiger partial charge in [0, 0.05) is 22.3 Å². The lowest BCUT2D eigenvalue weighted by atomic mass is 9.85. The second-order valence-corrected chi connectivity index (χ2v) is 16.2. The van der Waals surface area contributed by atoms with Crippen molar-refractivity contribution < 1.29 is 0 Å². The lowest BCUT2D eigenvalue weighted by Gasteiger charge is -2.38. The number of hydrogen-bond acceptors (Lipinski definition) is 0. The fraction of sp³-hybridized carbons (Fsp3) is 0.419. The van der Waals surface area contributed by atoms with E-state index in [4.69, 9.17) is 6.42 Å². The van der Waals surface area contributed by atoms with Crippen LogP contribution in [0.1, 0.15) is 90.1 Å². The van der Waals surface area contributed by atoms with Crippen molar-refractivity contribution in [2.45, 2.75) is 84.4 Å². The SMILES string of the molecule is C#Cc1ccc(C#Cc2cc(C#C[Si](C(C)C)(C(C)C)C(C)C)cc(C(C)(C)C)c2)cc1. The minimum Gasteiger partial charge on any atom is -0.125 e. The van der Waals surface area contributed by atoms with Crippen molar-refractivity contribution >= 4 is 8.07 Å². The summed E-state index contributed by atoms with van der Waals surface area (Å²) in [7, 11) is -1.78. The number of hydrogen-bond donors (Lipinski definition) is 0. The first kappa shape index (κ1) is 25.6. The number of benzene rings is 2. The molecule has 2 aromatic rings. The van der Waals surface area contributed by atoms with Crippen LogP contribution in [0.5, 0.6) is 0 Å². The standard InChI is InChI=1S/C31H38Si/c1-11-26-12-14-27(15-13-26)16-17-28-20-29(22-30(21-28)31(8,9)10)18-19-32(23(2)3,24(4)5)25(6)7/h1,12-15,20-25H,2-10H3. The molecule has 0 bridgehead atoms. The van der Waals surface area contributed by atoms with Gasteiger partial charge in [-0.3, -0.25) is 0 Å². The van der Waals surface area contributed by atoms with E-state index in [0.29, 0.717) is 16.6 Å². The van der Waals surface area contributed by atoms with Crippen LogP contribution in [-0.2, 0) is 5.41 Å². The molecule has 2 rings (SSSR count). The Morgan fingerprint density at radius 1 is 0.656 bits per heavy atom. The molecule has 0 N–H and O–H groups in total. The van der Waals surface area contributed by atoms with E-state index in [-0.39, 0.29) is 5.41 Å². The molecule has 0 aliphatic rings. The second kappa shape index (κ2) is 10.3. The number of rotatable bonds is 3. The Bertz CT molecular complexity index is 1070. The Balaban J connectivity index is 2.58. The molecule has 32 heavy (non-hydrogen) atoms. The maximum absolute atomic E-state index is 5.46. The smallest absolute Gasteiger partial charge is 0.125 e. The van der Waals surface area contributed by atoms with E-state index in [0.717, 1.165) is 22.3 Å². The van der Waals surface area contributed by atoms with Crippen LogP contribution in [0.15, 0.2) is 42.5 Å². The van der Waals surface area contributed by atoms with Crippen LogP contribution in [0.2, 0.25) is 16.6 Å². The third-order valence-electron chi connectivity index (χ3n) is 6.49. The minimum atomic E-state index is -1.78. The van der Waals surface area contributed by atoms with Gasteiger partial charge < -0.3 is 0 Å². The van der Waals surface area contributed by atoms with Crippen molar-refractivity contribution in [3.63, 3.8) is 0 Å². The highest BCUT2D eigenvalue weighted by atomic mass is 28.3. The zero-order valence-electron chi connectivity index (χ0n) is 21.4. The third-order valence-corrected chi connectivity index (χ3v) is 12.8. The van der Waals surface area contributed by atoms with Gasteiger partial charge in [0.15, 0.2) is 0 Å². The van der Waals surface area contributed by atoms with Gasteiger partial charge in [-0.15, -0.1) is 12.0 Å². The Kier molecular flexibility index (Phi) is 8.24. The van der Waals surface area contributed by atoms with Crippen molar-refractivity contribution in [3.8, 4) is 35.6 Å². The summed E-state index contributed by atoms with van der Waals surface area (Å²) in [6.07, 6.45) is 5.46. The van der Waals surface area contributed by atoms with Gasteiger partial charge in [0.1, 0.15) is 8.07 Å². The molecule has 1 heteroatoms. The van der Waals surface area contributed by atoms with E-state index < -0.39 is 8.07 Å². The predicted molar refractivity (Wildman–Crippen MR) is 143 cm³/mol. The zero-order chi connectivity index (χ0) is 24.1. The lowest BCUT2D eigenvalue weighted by Crippen LogP contribution is -2.43. The van der Waals surface area contributed by atoms with Gasteiger partial charge in [0.25, 0.3) is 0 Å². The summed E-state index contributed by atoms with van der Waals surface area (Å²) in [5, 5.41) is 0. The van der Waals surface area contributed by atoms with Gasteiger partial charge in [0.2, 0.25) is 0 Å². The van der Waals surface area contributed by atoms with E-state index in [9.17, 15) is 0 Å². The van der Waals surface area contributed by atoms with Gasteiger partial charge in [-0.1, -0.05) is 86.0 Å². The summed E-state index contributed by atoms with van der Waals surface area (Å²) in [4.78, 5) is 0. The van der Waals surface area contributed by atoms with Gasteiger partial charge in [-0.25, -0.2) is 0 Å². The normalized spacial score (nSPS) is 11.6. The molecular weight excluding hydrogens is 400 g/mol. The molecule has 0 saturated carbocycles. The summed E-state index contributed by atoms with van der Waals surface area (Å²) in [6.45, 7) is 20.9. The zero-order valence-corrected chi connectivity index (χ0v) is 22.4. The first-order valence-corrected chi connectivity index (χ1v) is 13.9. The molecule has 2 aromatic carbocycles. The quantitative estimate of drug-likeness (QED) is 0.337. The van der Waals surface area contributed by atoms with Crippen molar-refractivity contribution in [2.24, 2.45) is 0 Å². The van der Waals surface area contributed by atoms with Crippen LogP contribution in [0.25, 0.3) is 0 Å².